The van der Waals surface area contributed by atoms with Crippen molar-refractivity contribution < 1.29 is 17.9 Å². The first-order valence-corrected chi connectivity index (χ1v) is 13.0. The van der Waals surface area contributed by atoms with Gasteiger partial charge in [0.2, 0.25) is 0 Å². The minimum absolute atomic E-state index is 0.181. The SMILES string of the molecule is Cc1ccc(-c2cc3c(cc2N)C=C=CC=C=C3C2=CCCC(Nc3ccc(OC(F)(F)F)cc3)CC2)cc1. The molecule has 3 nitrogen and oxygen atoms in total. The number of nitrogen functional groups attached to an aromatic ring is 1. The quantitative estimate of drug-likeness (QED) is 0.258. The summed E-state index contributed by atoms with van der Waals surface area (Å²) in [6, 6.07) is 18.6. The van der Waals surface area contributed by atoms with Crippen molar-refractivity contribution in [3.63, 3.8) is 0 Å². The molecule has 0 saturated carbocycles. The molecule has 2 aliphatic carbocycles. The average molecular weight is 527 g/mol. The highest BCUT2D eigenvalue weighted by molar-refractivity contribution is 5.90. The maximum atomic E-state index is 12.5. The van der Waals surface area contributed by atoms with Gasteiger partial charge in [0.15, 0.2) is 0 Å². The number of ether oxygens (including phenoxy) is 1. The highest BCUT2D eigenvalue weighted by atomic mass is 19.4. The Bertz CT molecular complexity index is 1520. The van der Waals surface area contributed by atoms with Crippen molar-refractivity contribution >= 4 is 23.0 Å². The van der Waals surface area contributed by atoms with Crippen LogP contribution in [0.1, 0.15) is 42.4 Å². The van der Waals surface area contributed by atoms with Crippen molar-refractivity contribution in [3.8, 4) is 16.9 Å². The Morgan fingerprint density at radius 2 is 1.72 bits per heavy atom. The molecule has 0 bridgehead atoms. The molecule has 0 heterocycles. The average Bonchev–Trinajstić information content (AvgIpc) is 3.11. The Morgan fingerprint density at radius 1 is 0.949 bits per heavy atom. The molecule has 5 rings (SSSR count). The Balaban J connectivity index is 1.36. The largest absolute Gasteiger partial charge is 0.573 e. The first-order chi connectivity index (χ1) is 18.7. The third-order valence-corrected chi connectivity index (χ3v) is 6.95. The lowest BCUT2D eigenvalue weighted by atomic mass is 9.87. The van der Waals surface area contributed by atoms with E-state index < -0.39 is 6.36 Å². The van der Waals surface area contributed by atoms with Gasteiger partial charge in [0.1, 0.15) is 5.75 Å². The summed E-state index contributed by atoms with van der Waals surface area (Å²) >= 11 is 0. The van der Waals surface area contributed by atoms with Crippen molar-refractivity contribution in [2.45, 2.75) is 45.0 Å². The molecule has 3 aromatic carbocycles. The van der Waals surface area contributed by atoms with Crippen LogP contribution in [0.5, 0.6) is 5.75 Å². The third kappa shape index (κ3) is 6.56. The van der Waals surface area contributed by atoms with Crippen LogP contribution in [0.25, 0.3) is 22.8 Å². The second-order valence-electron chi connectivity index (χ2n) is 9.82. The number of rotatable bonds is 5. The molecule has 3 aromatic rings. The standard InChI is InChI=1S/C33H29F3N2O/c1-22-10-12-24(13-11-22)31-21-30-25(20-32(31)37)6-3-2-4-9-29(30)23-7-5-8-26(15-14-23)38-27-16-18-28(19-17-27)39-33(34,35)36/h2,4,6-7,10-13,16-21,26,38H,5,8,14-15,37H2,1H3. The summed E-state index contributed by atoms with van der Waals surface area (Å²) in [5.41, 5.74) is 22.2. The van der Waals surface area contributed by atoms with Crippen LogP contribution in [0, 0.1) is 6.92 Å². The zero-order valence-corrected chi connectivity index (χ0v) is 21.6. The molecule has 2 aliphatic rings. The normalized spacial score (nSPS) is 16.9. The molecule has 198 valence electrons. The minimum Gasteiger partial charge on any atom is -0.406 e. The number of benzene rings is 3. The number of fused-ring (bicyclic) bond motifs is 1. The smallest absolute Gasteiger partial charge is 0.406 e. The highest BCUT2D eigenvalue weighted by Crippen LogP contribution is 2.38. The first kappa shape index (κ1) is 26.2. The van der Waals surface area contributed by atoms with Gasteiger partial charge in [0.05, 0.1) is 0 Å². The van der Waals surface area contributed by atoms with Crippen LogP contribution in [0.4, 0.5) is 24.5 Å². The van der Waals surface area contributed by atoms with E-state index in [0.29, 0.717) is 5.69 Å². The van der Waals surface area contributed by atoms with Gasteiger partial charge in [-0.1, -0.05) is 35.9 Å². The summed E-state index contributed by atoms with van der Waals surface area (Å²) in [5.74, 6) is -0.228. The van der Waals surface area contributed by atoms with Gasteiger partial charge < -0.3 is 15.8 Å². The summed E-state index contributed by atoms with van der Waals surface area (Å²) in [4.78, 5) is 0. The summed E-state index contributed by atoms with van der Waals surface area (Å²) in [5, 5.41) is 3.47. The van der Waals surface area contributed by atoms with E-state index in [2.05, 4.69) is 64.8 Å². The topological polar surface area (TPSA) is 47.3 Å². The molecule has 0 amide bonds. The molecular weight excluding hydrogens is 497 g/mol. The zero-order chi connectivity index (χ0) is 27.4. The minimum atomic E-state index is -4.70. The highest BCUT2D eigenvalue weighted by Gasteiger charge is 2.31. The summed E-state index contributed by atoms with van der Waals surface area (Å²) in [7, 11) is 0. The molecule has 0 fully saturated rings. The Kier molecular flexibility index (Phi) is 7.51. The third-order valence-electron chi connectivity index (χ3n) is 6.95. The van der Waals surface area contributed by atoms with Gasteiger partial charge in [0, 0.05) is 28.6 Å². The predicted octanol–water partition coefficient (Wildman–Crippen LogP) is 8.84. The van der Waals surface area contributed by atoms with Crippen LogP contribution in [0.2, 0.25) is 0 Å². The fourth-order valence-electron chi connectivity index (χ4n) is 5.00. The van der Waals surface area contributed by atoms with Crippen molar-refractivity contribution in [3.05, 3.63) is 113 Å². The number of allylic oxidation sites excluding steroid dienone is 4. The maximum Gasteiger partial charge on any atom is 0.573 e. The number of hydrogen-bond donors (Lipinski definition) is 2. The van der Waals surface area contributed by atoms with Crippen molar-refractivity contribution in [1.82, 2.24) is 0 Å². The van der Waals surface area contributed by atoms with Gasteiger partial charge >= 0.3 is 6.36 Å². The van der Waals surface area contributed by atoms with Crippen LogP contribution in [0.15, 0.2) is 95.9 Å². The molecular formula is C33H29F3N2O. The summed E-state index contributed by atoms with van der Waals surface area (Å²) < 4.78 is 41.4. The molecule has 0 spiro atoms. The van der Waals surface area contributed by atoms with Gasteiger partial charge in [-0.25, -0.2) is 0 Å². The number of anilines is 2. The van der Waals surface area contributed by atoms with Crippen molar-refractivity contribution in [1.29, 1.82) is 0 Å². The lowest BCUT2D eigenvalue weighted by Crippen LogP contribution is -2.19. The van der Waals surface area contributed by atoms with E-state index >= 15 is 0 Å². The summed E-state index contributed by atoms with van der Waals surface area (Å²) in [6.45, 7) is 2.06. The van der Waals surface area contributed by atoms with Gasteiger partial charge in [-0.05, 0) is 109 Å². The second-order valence-corrected chi connectivity index (χ2v) is 9.82. The molecule has 6 heteroatoms. The van der Waals surface area contributed by atoms with E-state index in [1.54, 1.807) is 12.1 Å². The number of nitrogens with one attached hydrogen (secondary N) is 1. The zero-order valence-electron chi connectivity index (χ0n) is 21.6. The molecule has 39 heavy (non-hydrogen) atoms. The lowest BCUT2D eigenvalue weighted by Gasteiger charge is -2.19. The van der Waals surface area contributed by atoms with Gasteiger partial charge in [0.25, 0.3) is 0 Å². The number of nitrogens with two attached hydrogens (primary N) is 1. The van der Waals surface area contributed by atoms with E-state index in [1.807, 2.05) is 24.3 Å². The first-order valence-electron chi connectivity index (χ1n) is 13.0. The number of halogens is 3. The lowest BCUT2D eigenvalue weighted by molar-refractivity contribution is -0.274. The molecule has 1 unspecified atom stereocenters. The molecule has 0 aromatic heterocycles. The fourth-order valence-corrected chi connectivity index (χ4v) is 5.00. The van der Waals surface area contributed by atoms with Gasteiger partial charge in [-0.3, -0.25) is 0 Å². The predicted molar refractivity (Wildman–Crippen MR) is 152 cm³/mol. The van der Waals surface area contributed by atoms with Crippen LogP contribution in [0.3, 0.4) is 0 Å². The van der Waals surface area contributed by atoms with E-state index in [0.717, 1.165) is 59.2 Å². The van der Waals surface area contributed by atoms with Crippen LogP contribution in [-0.2, 0) is 0 Å². The molecule has 1 atom stereocenters. The molecule has 0 saturated heterocycles. The molecule has 3 N–H and O–H groups in total. The number of aryl methyl sites for hydroxylation is 1. The van der Waals surface area contributed by atoms with Gasteiger partial charge in [-0.2, -0.15) is 0 Å². The van der Waals surface area contributed by atoms with E-state index in [-0.39, 0.29) is 11.8 Å². The van der Waals surface area contributed by atoms with Gasteiger partial charge in [-0.15, -0.1) is 24.6 Å². The van der Waals surface area contributed by atoms with Crippen LogP contribution in [-0.4, -0.2) is 12.4 Å². The second kappa shape index (κ2) is 11.2. The fraction of sp³-hybridized carbons (Fsp3) is 0.212. The van der Waals surface area contributed by atoms with Crippen molar-refractivity contribution in [2.75, 3.05) is 11.1 Å². The maximum absolute atomic E-state index is 12.5. The summed E-state index contributed by atoms with van der Waals surface area (Å²) in [6.07, 6.45) is 6.75. The van der Waals surface area contributed by atoms with E-state index in [9.17, 15) is 13.2 Å². The monoisotopic (exact) mass is 526 g/mol. The number of hydrogen-bond acceptors (Lipinski definition) is 3. The number of alkyl halides is 3. The Morgan fingerprint density at radius 3 is 2.46 bits per heavy atom. The molecule has 0 aliphatic heterocycles. The van der Waals surface area contributed by atoms with Crippen molar-refractivity contribution in [2.24, 2.45) is 0 Å². The Hall–Kier alpha value is -4.37. The van der Waals surface area contributed by atoms with Crippen LogP contribution >= 0.6 is 0 Å². The van der Waals surface area contributed by atoms with E-state index in [4.69, 9.17) is 5.73 Å². The van der Waals surface area contributed by atoms with Crippen LogP contribution < -0.4 is 15.8 Å². The molecule has 0 radical (unpaired) electrons. The Labute approximate surface area is 226 Å². The van der Waals surface area contributed by atoms with E-state index in [1.165, 1.54) is 23.3 Å².